The molecular formula is C19H22. The summed E-state index contributed by atoms with van der Waals surface area (Å²) < 4.78 is 0. The number of hydrogen-bond donors (Lipinski definition) is 0. The Bertz CT molecular complexity index is 562. The van der Waals surface area contributed by atoms with Crippen LogP contribution < -0.4 is 0 Å². The Kier molecular flexibility index (Phi) is 3.90. The number of allylic oxidation sites excluding steroid dienone is 1. The van der Waals surface area contributed by atoms with E-state index in [2.05, 4.69) is 75.9 Å². The highest BCUT2D eigenvalue weighted by atomic mass is 14.3. The van der Waals surface area contributed by atoms with Gasteiger partial charge in [0.1, 0.15) is 0 Å². The maximum Gasteiger partial charge on any atom is -0.00631 e. The van der Waals surface area contributed by atoms with Gasteiger partial charge in [-0.05, 0) is 35.5 Å². The third-order valence-corrected chi connectivity index (χ3v) is 3.64. The van der Waals surface area contributed by atoms with E-state index in [1.54, 1.807) is 0 Å². The summed E-state index contributed by atoms with van der Waals surface area (Å²) in [4.78, 5) is 0. The van der Waals surface area contributed by atoms with Crippen LogP contribution in [-0.4, -0.2) is 0 Å². The van der Waals surface area contributed by atoms with Crippen molar-refractivity contribution in [3.05, 3.63) is 77.9 Å². The van der Waals surface area contributed by atoms with Gasteiger partial charge in [-0.25, -0.2) is 0 Å². The van der Waals surface area contributed by atoms with Gasteiger partial charge in [0, 0.05) is 0 Å². The zero-order valence-corrected chi connectivity index (χ0v) is 12.1. The molecule has 0 heteroatoms. The largest absolute Gasteiger partial charge is 0.0952 e. The lowest BCUT2D eigenvalue weighted by Gasteiger charge is -2.27. The summed E-state index contributed by atoms with van der Waals surface area (Å²) in [7, 11) is 0. The molecule has 0 nitrogen and oxygen atoms in total. The summed E-state index contributed by atoms with van der Waals surface area (Å²) in [5, 5.41) is 0. The smallest absolute Gasteiger partial charge is 0.00631 e. The van der Waals surface area contributed by atoms with E-state index < -0.39 is 0 Å². The monoisotopic (exact) mass is 250 g/mol. The molecule has 0 saturated heterocycles. The molecule has 2 aromatic carbocycles. The second-order valence-corrected chi connectivity index (χ2v) is 5.90. The van der Waals surface area contributed by atoms with Gasteiger partial charge in [-0.2, -0.15) is 0 Å². The molecule has 2 rings (SSSR count). The first-order valence-corrected chi connectivity index (χ1v) is 6.79. The zero-order valence-electron chi connectivity index (χ0n) is 12.1. The molecule has 2 aromatic rings. The van der Waals surface area contributed by atoms with Gasteiger partial charge in [-0.3, -0.25) is 0 Å². The maximum absolute atomic E-state index is 4.26. The highest BCUT2D eigenvalue weighted by molar-refractivity contribution is 5.64. The summed E-state index contributed by atoms with van der Waals surface area (Å²) in [6, 6.07) is 19.2. The van der Waals surface area contributed by atoms with E-state index in [1.807, 2.05) is 6.07 Å². The maximum atomic E-state index is 4.26. The fraction of sp³-hybridized carbons (Fsp3) is 0.263. The van der Waals surface area contributed by atoms with Crippen molar-refractivity contribution in [2.24, 2.45) is 0 Å². The molecule has 19 heavy (non-hydrogen) atoms. The third-order valence-electron chi connectivity index (χ3n) is 3.64. The number of hydrogen-bond acceptors (Lipinski definition) is 0. The van der Waals surface area contributed by atoms with E-state index >= 15 is 0 Å². The van der Waals surface area contributed by atoms with E-state index in [1.165, 1.54) is 22.3 Å². The Hall–Kier alpha value is -1.82. The molecule has 0 N–H and O–H groups in total. The van der Waals surface area contributed by atoms with Crippen molar-refractivity contribution in [1.29, 1.82) is 0 Å². The lowest BCUT2D eigenvalue weighted by atomic mass is 9.77. The molecule has 0 unspecified atom stereocenters. The molecule has 98 valence electrons. The van der Waals surface area contributed by atoms with Crippen molar-refractivity contribution >= 4 is 5.57 Å². The average Bonchev–Trinajstić information content (AvgIpc) is 2.39. The minimum absolute atomic E-state index is 0.110. The Morgan fingerprint density at radius 1 is 1.00 bits per heavy atom. The number of rotatable bonds is 4. The van der Waals surface area contributed by atoms with E-state index in [0.29, 0.717) is 0 Å². The van der Waals surface area contributed by atoms with Crippen molar-refractivity contribution in [3.8, 4) is 0 Å². The number of aryl methyl sites for hydroxylation is 1. The molecule has 0 aliphatic rings. The predicted octanol–water partition coefficient (Wildman–Crippen LogP) is 5.38. The predicted molar refractivity (Wildman–Crippen MR) is 84.3 cm³/mol. The van der Waals surface area contributed by atoms with E-state index in [0.717, 1.165) is 6.42 Å². The summed E-state index contributed by atoms with van der Waals surface area (Å²) in [5.74, 6) is 0. The minimum Gasteiger partial charge on any atom is -0.0952 e. The first kappa shape index (κ1) is 13.6. The molecule has 0 aliphatic carbocycles. The zero-order chi connectivity index (χ0) is 13.9. The van der Waals surface area contributed by atoms with Crippen molar-refractivity contribution in [2.45, 2.75) is 32.6 Å². The van der Waals surface area contributed by atoms with Crippen LogP contribution in [0.4, 0.5) is 0 Å². The van der Waals surface area contributed by atoms with Crippen LogP contribution in [0.5, 0.6) is 0 Å². The minimum atomic E-state index is 0.110. The van der Waals surface area contributed by atoms with Crippen LogP contribution in [0, 0.1) is 6.92 Å². The van der Waals surface area contributed by atoms with Gasteiger partial charge in [0.15, 0.2) is 0 Å². The van der Waals surface area contributed by atoms with Crippen molar-refractivity contribution in [2.75, 3.05) is 0 Å². The van der Waals surface area contributed by atoms with Crippen LogP contribution in [0.25, 0.3) is 5.57 Å². The van der Waals surface area contributed by atoms with Crippen molar-refractivity contribution in [1.82, 2.24) is 0 Å². The Labute approximate surface area is 116 Å². The van der Waals surface area contributed by atoms with Gasteiger partial charge in [0.05, 0.1) is 0 Å². The summed E-state index contributed by atoms with van der Waals surface area (Å²) in [6.07, 6.45) is 0.973. The van der Waals surface area contributed by atoms with Crippen LogP contribution in [0.1, 0.15) is 37.0 Å². The lowest BCUT2D eigenvalue weighted by Crippen LogP contribution is -2.17. The Morgan fingerprint density at radius 2 is 1.68 bits per heavy atom. The van der Waals surface area contributed by atoms with Crippen LogP contribution in [-0.2, 0) is 5.41 Å². The van der Waals surface area contributed by atoms with E-state index in [4.69, 9.17) is 0 Å². The van der Waals surface area contributed by atoms with E-state index in [9.17, 15) is 0 Å². The fourth-order valence-electron chi connectivity index (χ4n) is 2.48. The molecule has 0 saturated carbocycles. The van der Waals surface area contributed by atoms with Crippen molar-refractivity contribution < 1.29 is 0 Å². The van der Waals surface area contributed by atoms with Gasteiger partial charge in [0.25, 0.3) is 0 Å². The van der Waals surface area contributed by atoms with Crippen LogP contribution in [0.3, 0.4) is 0 Å². The standard InChI is InChI=1S/C19H22/c1-15-9-8-12-18(13-15)19(3,4)14-16(2)17-10-6-5-7-11-17/h5-13H,2,14H2,1,3-4H3. The first-order chi connectivity index (χ1) is 8.99. The summed E-state index contributed by atoms with van der Waals surface area (Å²) >= 11 is 0. The highest BCUT2D eigenvalue weighted by Gasteiger charge is 2.22. The van der Waals surface area contributed by atoms with Crippen LogP contribution >= 0.6 is 0 Å². The van der Waals surface area contributed by atoms with Gasteiger partial charge in [-0.15, -0.1) is 0 Å². The quantitative estimate of drug-likeness (QED) is 0.683. The normalized spacial score (nSPS) is 11.3. The molecule has 0 amide bonds. The van der Waals surface area contributed by atoms with Gasteiger partial charge in [0.2, 0.25) is 0 Å². The molecule has 0 heterocycles. The van der Waals surface area contributed by atoms with Gasteiger partial charge >= 0.3 is 0 Å². The fourth-order valence-corrected chi connectivity index (χ4v) is 2.48. The SMILES string of the molecule is C=C(CC(C)(C)c1cccc(C)c1)c1ccccc1. The van der Waals surface area contributed by atoms with Gasteiger partial charge in [-0.1, -0.05) is 80.6 Å². The molecule has 0 aliphatic heterocycles. The first-order valence-electron chi connectivity index (χ1n) is 6.79. The molecular weight excluding hydrogens is 228 g/mol. The van der Waals surface area contributed by atoms with Crippen molar-refractivity contribution in [3.63, 3.8) is 0 Å². The molecule has 0 spiro atoms. The lowest BCUT2D eigenvalue weighted by molar-refractivity contribution is 0.541. The third kappa shape index (κ3) is 3.35. The average molecular weight is 250 g/mol. The van der Waals surface area contributed by atoms with Gasteiger partial charge < -0.3 is 0 Å². The van der Waals surface area contributed by atoms with Crippen LogP contribution in [0.2, 0.25) is 0 Å². The van der Waals surface area contributed by atoms with E-state index in [-0.39, 0.29) is 5.41 Å². The second-order valence-electron chi connectivity index (χ2n) is 5.90. The topological polar surface area (TPSA) is 0 Å². The molecule has 0 aromatic heterocycles. The summed E-state index contributed by atoms with van der Waals surface area (Å²) in [6.45, 7) is 11.0. The molecule has 0 atom stereocenters. The van der Waals surface area contributed by atoms with Crippen LogP contribution in [0.15, 0.2) is 61.2 Å². The highest BCUT2D eigenvalue weighted by Crippen LogP contribution is 2.33. The Balaban J connectivity index is 2.20. The summed E-state index contributed by atoms with van der Waals surface area (Å²) in [5.41, 5.74) is 5.25. The number of benzene rings is 2. The molecule has 0 fully saturated rings. The second kappa shape index (κ2) is 5.44. The Morgan fingerprint density at radius 3 is 2.32 bits per heavy atom. The molecule has 0 radical (unpaired) electrons. The molecule has 0 bridgehead atoms.